The molecule has 0 bridgehead atoms. The highest BCUT2D eigenvalue weighted by atomic mass is 16.8. The molecule has 2 aromatic carbocycles. The van der Waals surface area contributed by atoms with Gasteiger partial charge >= 0.3 is 0 Å². The smallest absolute Gasteiger partial charge is 0.266 e. The second kappa shape index (κ2) is 10.3. The Kier molecular flexibility index (Phi) is 7.79. The Morgan fingerprint density at radius 2 is 1.00 bits per heavy atom. The minimum atomic E-state index is -0.501. The van der Waals surface area contributed by atoms with Crippen LogP contribution in [0.4, 0.5) is 0 Å². The predicted octanol–water partition coefficient (Wildman–Crippen LogP) is 2.88. The van der Waals surface area contributed by atoms with Gasteiger partial charge in [-0.05, 0) is 35.4 Å². The summed E-state index contributed by atoms with van der Waals surface area (Å²) < 4.78 is 10.2. The van der Waals surface area contributed by atoms with Crippen LogP contribution in [0.5, 0.6) is 11.5 Å². The molecule has 0 heterocycles. The van der Waals surface area contributed by atoms with Gasteiger partial charge in [0.15, 0.2) is 0 Å². The van der Waals surface area contributed by atoms with Crippen molar-refractivity contribution in [2.75, 3.05) is 14.2 Å². The largest absolute Gasteiger partial charge is 0.497 e. The van der Waals surface area contributed by atoms with Crippen LogP contribution in [-0.4, -0.2) is 36.4 Å². The van der Waals surface area contributed by atoms with Crippen molar-refractivity contribution in [1.29, 1.82) is 0 Å². The average Bonchev–Trinajstić information content (AvgIpc) is 2.70. The van der Waals surface area contributed by atoms with Crippen molar-refractivity contribution in [3.05, 3.63) is 59.7 Å². The van der Waals surface area contributed by atoms with E-state index in [1.807, 2.05) is 0 Å². The first-order valence-corrected chi connectivity index (χ1v) is 8.57. The summed E-state index contributed by atoms with van der Waals surface area (Å²) >= 11 is 0. The maximum atomic E-state index is 12.0. The molecule has 0 atom stereocenters. The first-order chi connectivity index (χ1) is 13.4. The average molecular weight is 388 g/mol. The third-order valence-corrected chi connectivity index (χ3v) is 3.73. The number of carbonyl (C=O) groups excluding carboxylic acids is 2. The van der Waals surface area contributed by atoms with E-state index in [-0.39, 0.29) is 13.2 Å². The zero-order chi connectivity index (χ0) is 20.5. The summed E-state index contributed by atoms with van der Waals surface area (Å²) in [7, 11) is 3.15. The number of hydrogen-bond acceptors (Lipinski definition) is 6. The van der Waals surface area contributed by atoms with E-state index in [0.717, 1.165) is 21.5 Å². The molecular formula is C20H24N2O6. The molecule has 0 fully saturated rings. The van der Waals surface area contributed by atoms with Crippen molar-refractivity contribution in [2.24, 2.45) is 0 Å². The molecule has 0 radical (unpaired) electrons. The molecule has 0 aromatic heterocycles. The molecule has 28 heavy (non-hydrogen) atoms. The minimum absolute atomic E-state index is 0.0687. The van der Waals surface area contributed by atoms with Crippen molar-refractivity contribution >= 4 is 11.8 Å². The third-order valence-electron chi connectivity index (χ3n) is 3.73. The molecule has 2 aromatic rings. The Morgan fingerprint density at radius 1 is 0.679 bits per heavy atom. The topological polar surface area (TPSA) is 77.5 Å². The fraction of sp³-hybridized carbons (Fsp3) is 0.300. The summed E-state index contributed by atoms with van der Waals surface area (Å²) in [6, 6.07) is 14.3. The number of benzene rings is 2. The van der Waals surface area contributed by atoms with Gasteiger partial charge in [0.1, 0.15) is 24.7 Å². The van der Waals surface area contributed by atoms with E-state index in [0.29, 0.717) is 11.5 Å². The summed E-state index contributed by atoms with van der Waals surface area (Å²) in [4.78, 5) is 35.0. The molecule has 0 aliphatic heterocycles. The number of methoxy groups -OCH3 is 2. The van der Waals surface area contributed by atoms with E-state index in [4.69, 9.17) is 19.1 Å². The highest BCUT2D eigenvalue weighted by Crippen LogP contribution is 2.15. The van der Waals surface area contributed by atoms with Gasteiger partial charge in [-0.2, -0.15) is 0 Å². The second-order valence-corrected chi connectivity index (χ2v) is 5.83. The molecule has 0 aliphatic rings. The van der Waals surface area contributed by atoms with Gasteiger partial charge in [-0.3, -0.25) is 9.59 Å². The van der Waals surface area contributed by atoms with Crippen molar-refractivity contribution < 1.29 is 28.7 Å². The lowest BCUT2D eigenvalue weighted by Crippen LogP contribution is -2.47. The van der Waals surface area contributed by atoms with Crippen LogP contribution in [0.15, 0.2) is 48.5 Å². The highest BCUT2D eigenvalue weighted by molar-refractivity contribution is 5.77. The maximum absolute atomic E-state index is 12.0. The van der Waals surface area contributed by atoms with Gasteiger partial charge in [0.2, 0.25) is 0 Å². The molecule has 0 N–H and O–H groups in total. The van der Waals surface area contributed by atoms with Crippen LogP contribution < -0.4 is 9.47 Å². The lowest BCUT2D eigenvalue weighted by Gasteiger charge is -2.30. The molecule has 8 heteroatoms. The zero-order valence-electron chi connectivity index (χ0n) is 16.4. The van der Waals surface area contributed by atoms with Crippen molar-refractivity contribution in [3.63, 3.8) is 0 Å². The lowest BCUT2D eigenvalue weighted by atomic mass is 10.2. The number of rotatable bonds is 8. The summed E-state index contributed by atoms with van der Waals surface area (Å²) in [5.41, 5.74) is 1.59. The van der Waals surface area contributed by atoms with Crippen LogP contribution in [0.25, 0.3) is 0 Å². The molecule has 0 saturated carbocycles. The number of carbonyl (C=O) groups is 2. The maximum Gasteiger partial charge on any atom is 0.266 e. The standard InChI is InChI=1S/C20H24N2O6/c1-15(23)21(27-13-17-5-9-19(25-3)10-6-17)22(16(2)24)28-14-18-7-11-20(26-4)12-8-18/h5-12H,13-14H2,1-4H3. The van der Waals surface area contributed by atoms with Crippen LogP contribution in [0, 0.1) is 0 Å². The Bertz CT molecular complexity index is 709. The second-order valence-electron chi connectivity index (χ2n) is 5.83. The van der Waals surface area contributed by atoms with Crippen molar-refractivity contribution in [1.82, 2.24) is 10.3 Å². The van der Waals surface area contributed by atoms with E-state index in [2.05, 4.69) is 0 Å². The lowest BCUT2D eigenvalue weighted by molar-refractivity contribution is -0.369. The molecule has 150 valence electrons. The van der Waals surface area contributed by atoms with Gasteiger partial charge < -0.3 is 9.47 Å². The van der Waals surface area contributed by atoms with Gasteiger partial charge in [-0.15, -0.1) is 0 Å². The summed E-state index contributed by atoms with van der Waals surface area (Å²) in [5, 5.41) is 1.60. The molecule has 2 rings (SSSR count). The van der Waals surface area contributed by atoms with Gasteiger partial charge in [-0.25, -0.2) is 9.68 Å². The van der Waals surface area contributed by atoms with E-state index in [1.165, 1.54) is 13.8 Å². The van der Waals surface area contributed by atoms with Crippen molar-refractivity contribution in [3.8, 4) is 11.5 Å². The molecule has 0 unspecified atom stereocenters. The minimum Gasteiger partial charge on any atom is -0.497 e. The van der Waals surface area contributed by atoms with E-state index < -0.39 is 11.8 Å². The first kappa shape index (κ1) is 21.2. The van der Waals surface area contributed by atoms with Crippen LogP contribution >= 0.6 is 0 Å². The number of amides is 2. The van der Waals surface area contributed by atoms with Crippen molar-refractivity contribution in [2.45, 2.75) is 27.1 Å². The van der Waals surface area contributed by atoms with E-state index in [1.54, 1.807) is 62.8 Å². The normalized spacial score (nSPS) is 10.3. The summed E-state index contributed by atoms with van der Waals surface area (Å²) in [6.45, 7) is 2.69. The Balaban J connectivity index is 2.03. The fourth-order valence-electron chi connectivity index (χ4n) is 2.26. The molecule has 2 amide bonds. The predicted molar refractivity (Wildman–Crippen MR) is 101 cm³/mol. The third kappa shape index (κ3) is 5.97. The highest BCUT2D eigenvalue weighted by Gasteiger charge is 2.24. The number of hydrazine groups is 1. The monoisotopic (exact) mass is 388 g/mol. The Morgan fingerprint density at radius 3 is 1.25 bits per heavy atom. The van der Waals surface area contributed by atoms with Gasteiger partial charge in [-0.1, -0.05) is 34.6 Å². The zero-order valence-corrected chi connectivity index (χ0v) is 16.4. The molecule has 0 aliphatic carbocycles. The summed E-state index contributed by atoms with van der Waals surface area (Å²) in [6.07, 6.45) is 0. The van der Waals surface area contributed by atoms with Crippen LogP contribution in [0.1, 0.15) is 25.0 Å². The SMILES string of the molecule is COc1ccc(CON(C(C)=O)N(OCc2ccc(OC)cc2)C(C)=O)cc1. The van der Waals surface area contributed by atoms with Crippen LogP contribution in [0.3, 0.4) is 0 Å². The Hall–Kier alpha value is -3.10. The van der Waals surface area contributed by atoms with Gasteiger partial charge in [0.25, 0.3) is 11.8 Å². The summed E-state index contributed by atoms with van der Waals surface area (Å²) in [5.74, 6) is 0.414. The van der Waals surface area contributed by atoms with Crippen LogP contribution in [0.2, 0.25) is 0 Å². The quantitative estimate of drug-likeness (QED) is 0.647. The van der Waals surface area contributed by atoms with E-state index in [9.17, 15) is 9.59 Å². The number of ether oxygens (including phenoxy) is 2. The van der Waals surface area contributed by atoms with E-state index >= 15 is 0 Å². The van der Waals surface area contributed by atoms with Gasteiger partial charge in [0, 0.05) is 13.8 Å². The number of nitrogens with zero attached hydrogens (tertiary/aromatic N) is 2. The fourth-order valence-corrected chi connectivity index (χ4v) is 2.26. The number of hydrogen-bond donors (Lipinski definition) is 0. The molecular weight excluding hydrogens is 364 g/mol. The molecule has 0 saturated heterocycles. The first-order valence-electron chi connectivity index (χ1n) is 8.57. The molecule has 0 spiro atoms. The Labute approximate surface area is 164 Å². The van der Waals surface area contributed by atoms with Crippen LogP contribution in [-0.2, 0) is 32.5 Å². The van der Waals surface area contributed by atoms with Gasteiger partial charge in [0.05, 0.1) is 14.2 Å². The number of hydroxylamine groups is 2. The molecule has 8 nitrogen and oxygen atoms in total.